The van der Waals surface area contributed by atoms with Gasteiger partial charge in [-0.1, -0.05) is 0 Å². The maximum Gasteiger partial charge on any atom is 0.410 e. The van der Waals surface area contributed by atoms with Crippen LogP contribution in [0.3, 0.4) is 0 Å². The van der Waals surface area contributed by atoms with Crippen molar-refractivity contribution in [3.8, 4) is 0 Å². The Hall–Kier alpha value is -0.740. The van der Waals surface area contributed by atoms with E-state index in [0.29, 0.717) is 0 Å². The summed E-state index contributed by atoms with van der Waals surface area (Å²) in [5, 5.41) is 1.66. The molecule has 0 unspecified atom stereocenters. The zero-order valence-electron chi connectivity index (χ0n) is 5.62. The van der Waals surface area contributed by atoms with Gasteiger partial charge in [0.25, 0.3) is 0 Å². The van der Waals surface area contributed by atoms with Crippen LogP contribution >= 0.6 is 0 Å². The highest BCUT2D eigenvalue weighted by atomic mass is 19.4. The first-order valence-corrected chi connectivity index (χ1v) is 2.59. The van der Waals surface area contributed by atoms with E-state index in [1.165, 1.54) is 0 Å². The molecule has 60 valence electrons. The molecule has 0 aliphatic rings. The van der Waals surface area contributed by atoms with Gasteiger partial charge in [0.1, 0.15) is 5.54 Å². The van der Waals surface area contributed by atoms with Gasteiger partial charge in [-0.15, -0.1) is 0 Å². The smallest absolute Gasteiger partial charge is 0.345 e. The molecule has 10 heavy (non-hydrogen) atoms. The number of amides is 1. The number of carbonyl (C=O) groups excluding carboxylic acids is 1. The van der Waals surface area contributed by atoms with Gasteiger partial charge in [0.2, 0.25) is 6.41 Å². The van der Waals surface area contributed by atoms with Crippen LogP contribution in [0, 0.1) is 0 Å². The molecule has 1 amide bonds. The first-order valence-electron chi connectivity index (χ1n) is 2.59. The van der Waals surface area contributed by atoms with E-state index in [0.717, 1.165) is 13.8 Å². The van der Waals surface area contributed by atoms with Crippen molar-refractivity contribution >= 4 is 6.41 Å². The van der Waals surface area contributed by atoms with E-state index in [1.807, 2.05) is 0 Å². The summed E-state index contributed by atoms with van der Waals surface area (Å²) < 4.78 is 35.4. The lowest BCUT2D eigenvalue weighted by Crippen LogP contribution is -2.51. The standard InChI is InChI=1S/C5H8F3NO/c1-4(2,9-3-10)5(6,7)8/h3H,1-2H3,(H,9,10). The number of nitrogens with one attached hydrogen (secondary N) is 1. The Morgan fingerprint density at radius 1 is 1.30 bits per heavy atom. The second-order valence-corrected chi connectivity index (χ2v) is 2.38. The zero-order chi connectivity index (χ0) is 8.41. The topological polar surface area (TPSA) is 29.1 Å². The predicted molar refractivity (Wildman–Crippen MR) is 29.3 cm³/mol. The van der Waals surface area contributed by atoms with Gasteiger partial charge in [-0.3, -0.25) is 4.79 Å². The quantitative estimate of drug-likeness (QED) is 0.594. The number of hydrogen-bond acceptors (Lipinski definition) is 1. The Morgan fingerprint density at radius 2 is 1.70 bits per heavy atom. The average Bonchev–Trinajstić information content (AvgIpc) is 1.61. The van der Waals surface area contributed by atoms with Gasteiger partial charge >= 0.3 is 6.18 Å². The minimum Gasteiger partial charge on any atom is -0.345 e. The molecule has 0 saturated heterocycles. The molecule has 0 heterocycles. The van der Waals surface area contributed by atoms with Crippen molar-refractivity contribution in [2.45, 2.75) is 25.6 Å². The van der Waals surface area contributed by atoms with E-state index in [2.05, 4.69) is 0 Å². The van der Waals surface area contributed by atoms with Crippen molar-refractivity contribution in [1.82, 2.24) is 5.32 Å². The third-order valence-corrected chi connectivity index (χ3v) is 1.13. The number of alkyl halides is 3. The molecule has 0 atom stereocenters. The van der Waals surface area contributed by atoms with Crippen molar-refractivity contribution in [1.29, 1.82) is 0 Å². The summed E-state index contributed by atoms with van der Waals surface area (Å²) in [6.45, 7) is 1.78. The van der Waals surface area contributed by atoms with Crippen LogP contribution < -0.4 is 5.32 Å². The summed E-state index contributed by atoms with van der Waals surface area (Å²) in [7, 11) is 0. The molecule has 0 rings (SSSR count). The minimum atomic E-state index is -4.39. The SMILES string of the molecule is CC(C)(NC=O)C(F)(F)F. The molecular formula is C5H8F3NO. The van der Waals surface area contributed by atoms with Gasteiger partial charge < -0.3 is 5.32 Å². The van der Waals surface area contributed by atoms with E-state index < -0.39 is 11.7 Å². The van der Waals surface area contributed by atoms with Crippen LogP contribution in [0.2, 0.25) is 0 Å². The second kappa shape index (κ2) is 2.48. The van der Waals surface area contributed by atoms with Crippen LogP contribution in [0.5, 0.6) is 0 Å². The van der Waals surface area contributed by atoms with Gasteiger partial charge in [0.15, 0.2) is 0 Å². The van der Waals surface area contributed by atoms with Crippen molar-refractivity contribution in [3.63, 3.8) is 0 Å². The van der Waals surface area contributed by atoms with Crippen LogP contribution in [0.15, 0.2) is 0 Å². The van der Waals surface area contributed by atoms with Crippen molar-refractivity contribution in [3.05, 3.63) is 0 Å². The summed E-state index contributed by atoms with van der Waals surface area (Å²) in [5.74, 6) is 0. The van der Waals surface area contributed by atoms with Gasteiger partial charge in [-0.05, 0) is 13.8 Å². The highest BCUT2D eigenvalue weighted by molar-refractivity contribution is 5.47. The lowest BCUT2D eigenvalue weighted by molar-refractivity contribution is -0.186. The number of hydrogen-bond donors (Lipinski definition) is 1. The van der Waals surface area contributed by atoms with Crippen LogP contribution in [0.25, 0.3) is 0 Å². The third kappa shape index (κ3) is 1.89. The summed E-state index contributed by atoms with van der Waals surface area (Å²) in [4.78, 5) is 9.66. The Bertz CT molecular complexity index is 129. The Morgan fingerprint density at radius 3 is 1.80 bits per heavy atom. The van der Waals surface area contributed by atoms with Gasteiger partial charge in [0, 0.05) is 0 Å². The van der Waals surface area contributed by atoms with Crippen LogP contribution in [0.4, 0.5) is 13.2 Å². The van der Waals surface area contributed by atoms with E-state index in [1.54, 1.807) is 5.32 Å². The molecule has 0 saturated carbocycles. The van der Waals surface area contributed by atoms with E-state index in [9.17, 15) is 18.0 Å². The number of rotatable bonds is 2. The fraction of sp³-hybridized carbons (Fsp3) is 0.800. The summed E-state index contributed by atoms with van der Waals surface area (Å²) in [6, 6.07) is 0. The highest BCUT2D eigenvalue weighted by Crippen LogP contribution is 2.28. The summed E-state index contributed by atoms with van der Waals surface area (Å²) in [6.07, 6.45) is -4.36. The molecule has 2 nitrogen and oxygen atoms in total. The van der Waals surface area contributed by atoms with Gasteiger partial charge in [0.05, 0.1) is 0 Å². The lowest BCUT2D eigenvalue weighted by atomic mass is 10.1. The van der Waals surface area contributed by atoms with E-state index >= 15 is 0 Å². The number of carbonyl (C=O) groups is 1. The molecular weight excluding hydrogens is 147 g/mol. The second-order valence-electron chi connectivity index (χ2n) is 2.38. The van der Waals surface area contributed by atoms with Crippen LogP contribution in [-0.2, 0) is 4.79 Å². The van der Waals surface area contributed by atoms with Gasteiger partial charge in [-0.2, -0.15) is 13.2 Å². The minimum absolute atomic E-state index is 0.0352. The van der Waals surface area contributed by atoms with Crippen LogP contribution in [0.1, 0.15) is 13.8 Å². The molecule has 1 N–H and O–H groups in total. The normalized spacial score (nSPS) is 12.9. The molecule has 0 aromatic carbocycles. The third-order valence-electron chi connectivity index (χ3n) is 1.13. The molecule has 0 aromatic rings. The van der Waals surface area contributed by atoms with Crippen molar-refractivity contribution in [2.75, 3.05) is 0 Å². The molecule has 0 radical (unpaired) electrons. The summed E-state index contributed by atoms with van der Waals surface area (Å²) >= 11 is 0. The first-order chi connectivity index (χ1) is 4.31. The maximum atomic E-state index is 11.8. The zero-order valence-corrected chi connectivity index (χ0v) is 5.62. The van der Waals surface area contributed by atoms with E-state index in [-0.39, 0.29) is 6.41 Å². The summed E-state index contributed by atoms with van der Waals surface area (Å²) in [5.41, 5.74) is -2.13. The molecule has 0 aliphatic heterocycles. The Labute approximate surface area is 56.4 Å². The van der Waals surface area contributed by atoms with Crippen molar-refractivity contribution in [2.24, 2.45) is 0 Å². The Kier molecular flexibility index (Phi) is 2.29. The largest absolute Gasteiger partial charge is 0.410 e. The average molecular weight is 155 g/mol. The molecule has 0 spiro atoms. The fourth-order valence-corrected chi connectivity index (χ4v) is 0.229. The lowest BCUT2D eigenvalue weighted by Gasteiger charge is -2.26. The number of halogens is 3. The monoisotopic (exact) mass is 155 g/mol. The first kappa shape index (κ1) is 9.26. The Balaban J connectivity index is 4.23. The van der Waals surface area contributed by atoms with Crippen molar-refractivity contribution < 1.29 is 18.0 Å². The highest BCUT2D eigenvalue weighted by Gasteiger charge is 2.46. The molecule has 0 aromatic heterocycles. The maximum absolute atomic E-state index is 11.8. The van der Waals surface area contributed by atoms with E-state index in [4.69, 9.17) is 0 Å². The predicted octanol–water partition coefficient (Wildman–Crippen LogP) is 1.07. The molecule has 0 bridgehead atoms. The molecule has 0 aliphatic carbocycles. The molecule has 0 fully saturated rings. The van der Waals surface area contributed by atoms with Gasteiger partial charge in [-0.25, -0.2) is 0 Å². The molecule has 5 heteroatoms. The fourth-order valence-electron chi connectivity index (χ4n) is 0.229. The van der Waals surface area contributed by atoms with Crippen LogP contribution in [-0.4, -0.2) is 18.1 Å².